The number of halogens is 1. The van der Waals surface area contributed by atoms with Crippen LogP contribution in [0.4, 0.5) is 0 Å². The fourth-order valence-corrected chi connectivity index (χ4v) is 3.21. The van der Waals surface area contributed by atoms with Crippen molar-refractivity contribution in [1.29, 1.82) is 0 Å². The molecule has 2 N–H and O–H groups in total. The van der Waals surface area contributed by atoms with E-state index in [0.717, 1.165) is 23.7 Å². The first kappa shape index (κ1) is 15.5. The van der Waals surface area contributed by atoms with E-state index in [-0.39, 0.29) is 17.5 Å². The van der Waals surface area contributed by atoms with Gasteiger partial charge >= 0.3 is 0 Å². The predicted molar refractivity (Wildman–Crippen MR) is 85.5 cm³/mol. The van der Waals surface area contributed by atoms with Gasteiger partial charge in [-0.15, -0.1) is 0 Å². The summed E-state index contributed by atoms with van der Waals surface area (Å²) in [5.41, 5.74) is 7.13. The van der Waals surface area contributed by atoms with Crippen molar-refractivity contribution in [2.45, 2.75) is 51.1 Å². The van der Waals surface area contributed by atoms with Crippen LogP contribution in [0.3, 0.4) is 0 Å². The van der Waals surface area contributed by atoms with E-state index in [2.05, 4.69) is 41.9 Å². The Labute approximate surface area is 129 Å². The molecule has 0 aromatic heterocycles. The Hall–Kier alpha value is -0.870. The molecule has 1 aliphatic heterocycles. The zero-order valence-electron chi connectivity index (χ0n) is 12.2. The molecule has 1 amide bonds. The van der Waals surface area contributed by atoms with Crippen molar-refractivity contribution < 1.29 is 4.79 Å². The van der Waals surface area contributed by atoms with E-state index in [1.807, 2.05) is 17.0 Å². The topological polar surface area (TPSA) is 46.3 Å². The number of hydrogen-bond acceptors (Lipinski definition) is 2. The summed E-state index contributed by atoms with van der Waals surface area (Å²) >= 11 is 3.46. The van der Waals surface area contributed by atoms with Gasteiger partial charge < -0.3 is 10.6 Å². The summed E-state index contributed by atoms with van der Waals surface area (Å²) in [7, 11) is 0. The fourth-order valence-electron chi connectivity index (χ4n) is 2.76. The molecule has 1 aliphatic rings. The van der Waals surface area contributed by atoms with Crippen LogP contribution in [0, 0.1) is 0 Å². The second-order valence-electron chi connectivity index (χ2n) is 6.25. The molecule has 0 bridgehead atoms. The highest BCUT2D eigenvalue weighted by molar-refractivity contribution is 9.10. The van der Waals surface area contributed by atoms with Gasteiger partial charge in [-0.3, -0.25) is 4.79 Å². The number of benzene rings is 1. The van der Waals surface area contributed by atoms with Gasteiger partial charge in [0.1, 0.15) is 0 Å². The van der Waals surface area contributed by atoms with Crippen molar-refractivity contribution in [2.75, 3.05) is 6.54 Å². The minimum atomic E-state index is -0.0653. The van der Waals surface area contributed by atoms with E-state index in [4.69, 9.17) is 5.73 Å². The number of carbonyl (C=O) groups is 1. The molecule has 1 fully saturated rings. The summed E-state index contributed by atoms with van der Waals surface area (Å²) < 4.78 is 1.06. The van der Waals surface area contributed by atoms with Gasteiger partial charge in [0.2, 0.25) is 5.91 Å². The van der Waals surface area contributed by atoms with Crippen LogP contribution in [0.2, 0.25) is 0 Å². The van der Waals surface area contributed by atoms with E-state index < -0.39 is 0 Å². The van der Waals surface area contributed by atoms with Crippen molar-refractivity contribution in [2.24, 2.45) is 5.73 Å². The molecule has 20 heavy (non-hydrogen) atoms. The minimum Gasteiger partial charge on any atom is -0.336 e. The third-order valence-electron chi connectivity index (χ3n) is 4.09. The zero-order chi connectivity index (χ0) is 14.8. The van der Waals surface area contributed by atoms with Gasteiger partial charge in [0.25, 0.3) is 0 Å². The molecule has 1 unspecified atom stereocenters. The number of nitrogens with zero attached hydrogens (tertiary/aromatic N) is 1. The van der Waals surface area contributed by atoms with Gasteiger partial charge in [-0.1, -0.05) is 28.1 Å². The minimum absolute atomic E-state index is 0.0653. The lowest BCUT2D eigenvalue weighted by molar-refractivity contribution is -0.138. The Bertz CT molecular complexity index is 487. The van der Waals surface area contributed by atoms with E-state index in [9.17, 15) is 4.79 Å². The molecule has 1 saturated heterocycles. The first-order chi connectivity index (χ1) is 9.38. The quantitative estimate of drug-likeness (QED) is 0.920. The highest BCUT2D eigenvalue weighted by atomic mass is 79.9. The number of nitrogens with two attached hydrogens (primary N) is 1. The van der Waals surface area contributed by atoms with Gasteiger partial charge in [0.15, 0.2) is 0 Å². The number of rotatable bonds is 3. The third-order valence-corrected chi connectivity index (χ3v) is 4.59. The Morgan fingerprint density at radius 1 is 1.50 bits per heavy atom. The summed E-state index contributed by atoms with van der Waals surface area (Å²) in [5, 5.41) is 0. The summed E-state index contributed by atoms with van der Waals surface area (Å²) in [6, 6.07) is 8.26. The van der Waals surface area contributed by atoms with Crippen LogP contribution in [0.5, 0.6) is 0 Å². The van der Waals surface area contributed by atoms with Crippen molar-refractivity contribution >= 4 is 21.8 Å². The number of aryl methyl sites for hydroxylation is 1. The van der Waals surface area contributed by atoms with Gasteiger partial charge in [0, 0.05) is 29.0 Å². The summed E-state index contributed by atoms with van der Waals surface area (Å²) in [5.74, 6) is 0.213. The highest BCUT2D eigenvalue weighted by Crippen LogP contribution is 2.27. The molecule has 1 aromatic rings. The molecule has 1 atom stereocenters. The molecule has 0 spiro atoms. The second-order valence-corrected chi connectivity index (χ2v) is 7.16. The van der Waals surface area contributed by atoms with Gasteiger partial charge in [-0.2, -0.15) is 0 Å². The van der Waals surface area contributed by atoms with E-state index >= 15 is 0 Å². The first-order valence-electron chi connectivity index (χ1n) is 7.19. The number of amides is 1. The third kappa shape index (κ3) is 3.83. The number of hydrogen-bond donors (Lipinski definition) is 1. The zero-order valence-corrected chi connectivity index (χ0v) is 13.8. The second kappa shape index (κ2) is 6.27. The predicted octanol–water partition coefficient (Wildman–Crippen LogP) is 3.11. The van der Waals surface area contributed by atoms with E-state index in [0.29, 0.717) is 13.0 Å². The van der Waals surface area contributed by atoms with Crippen molar-refractivity contribution in [3.8, 4) is 0 Å². The monoisotopic (exact) mass is 338 g/mol. The standard InChI is InChI=1S/C16H23BrN2O/c1-16(2)9-8-14(18)11-19(16)15(20)7-6-12-4-3-5-13(17)10-12/h3-5,10,14H,6-9,11,18H2,1-2H3. The van der Waals surface area contributed by atoms with E-state index in [1.54, 1.807) is 0 Å². The SMILES string of the molecule is CC1(C)CCC(N)CN1C(=O)CCc1cccc(Br)c1. The molecule has 1 heterocycles. The van der Waals surface area contributed by atoms with Crippen molar-refractivity contribution in [3.63, 3.8) is 0 Å². The van der Waals surface area contributed by atoms with E-state index in [1.165, 1.54) is 5.56 Å². The van der Waals surface area contributed by atoms with Crippen LogP contribution in [-0.4, -0.2) is 28.9 Å². The Kier molecular flexibility index (Phi) is 4.86. The lowest BCUT2D eigenvalue weighted by Crippen LogP contribution is -2.56. The molecule has 4 heteroatoms. The molecule has 3 nitrogen and oxygen atoms in total. The van der Waals surface area contributed by atoms with Crippen LogP contribution in [0.15, 0.2) is 28.7 Å². The Balaban J connectivity index is 1.97. The maximum absolute atomic E-state index is 12.5. The van der Waals surface area contributed by atoms with Crippen LogP contribution < -0.4 is 5.73 Å². The van der Waals surface area contributed by atoms with Crippen LogP contribution in [0.1, 0.15) is 38.7 Å². The molecular formula is C16H23BrN2O. The number of likely N-dealkylation sites (tertiary alicyclic amines) is 1. The normalized spacial score (nSPS) is 21.8. The summed E-state index contributed by atoms with van der Waals surface area (Å²) in [6.07, 6.45) is 3.31. The lowest BCUT2D eigenvalue weighted by atomic mass is 9.88. The van der Waals surface area contributed by atoms with Crippen LogP contribution in [-0.2, 0) is 11.2 Å². The average Bonchev–Trinajstić information content (AvgIpc) is 2.39. The summed E-state index contributed by atoms with van der Waals surface area (Å²) in [4.78, 5) is 14.4. The number of piperidine rings is 1. The molecular weight excluding hydrogens is 316 g/mol. The average molecular weight is 339 g/mol. The van der Waals surface area contributed by atoms with Crippen LogP contribution in [0.25, 0.3) is 0 Å². The van der Waals surface area contributed by atoms with Crippen molar-refractivity contribution in [1.82, 2.24) is 4.90 Å². The maximum atomic E-state index is 12.5. The molecule has 2 rings (SSSR count). The Morgan fingerprint density at radius 2 is 2.25 bits per heavy atom. The highest BCUT2D eigenvalue weighted by Gasteiger charge is 2.35. The fraction of sp³-hybridized carbons (Fsp3) is 0.562. The smallest absolute Gasteiger partial charge is 0.223 e. The summed E-state index contributed by atoms with van der Waals surface area (Å²) in [6.45, 7) is 4.95. The van der Waals surface area contributed by atoms with Gasteiger partial charge in [-0.05, 0) is 50.8 Å². The molecule has 0 radical (unpaired) electrons. The van der Waals surface area contributed by atoms with Crippen LogP contribution >= 0.6 is 15.9 Å². The molecule has 0 saturated carbocycles. The first-order valence-corrected chi connectivity index (χ1v) is 7.98. The van der Waals surface area contributed by atoms with Gasteiger partial charge in [-0.25, -0.2) is 0 Å². The van der Waals surface area contributed by atoms with Gasteiger partial charge in [0.05, 0.1) is 0 Å². The largest absolute Gasteiger partial charge is 0.336 e. The molecule has 1 aromatic carbocycles. The number of carbonyl (C=O) groups excluding carboxylic acids is 1. The molecule has 0 aliphatic carbocycles. The Morgan fingerprint density at radius 3 is 2.95 bits per heavy atom. The lowest BCUT2D eigenvalue weighted by Gasteiger charge is -2.45. The molecule has 110 valence electrons. The van der Waals surface area contributed by atoms with Crippen molar-refractivity contribution in [3.05, 3.63) is 34.3 Å². The maximum Gasteiger partial charge on any atom is 0.223 e.